The van der Waals surface area contributed by atoms with Crippen LogP contribution in [0.4, 0.5) is 8.78 Å². The molecule has 4 nitrogen and oxygen atoms in total. The normalized spacial score (nSPS) is 19.6. The topological polar surface area (TPSA) is 58.2 Å². The number of benzene rings is 1. The van der Waals surface area contributed by atoms with E-state index in [4.69, 9.17) is 0 Å². The molecular formula is C13H14F2N2O2. The molecule has 1 fully saturated rings. The second-order valence-corrected chi connectivity index (χ2v) is 4.43. The molecule has 2 N–H and O–H groups in total. The first-order valence-corrected chi connectivity index (χ1v) is 6.00. The Kier molecular flexibility index (Phi) is 4.21. The van der Waals surface area contributed by atoms with Crippen molar-refractivity contribution in [3.8, 4) is 0 Å². The minimum absolute atomic E-state index is 0.0393. The van der Waals surface area contributed by atoms with Gasteiger partial charge in [-0.15, -0.1) is 0 Å². The summed E-state index contributed by atoms with van der Waals surface area (Å²) in [5.41, 5.74) is 0.644. The first-order valence-electron chi connectivity index (χ1n) is 6.00. The van der Waals surface area contributed by atoms with Gasteiger partial charge in [-0.1, -0.05) is 18.2 Å². The molecule has 0 radical (unpaired) electrons. The molecule has 0 saturated carbocycles. The minimum atomic E-state index is -2.50. The number of piperidine rings is 1. The SMILES string of the molecule is O=C1CCC(NCc2cccc(C(F)F)c2)C(=O)N1. The van der Waals surface area contributed by atoms with E-state index in [2.05, 4.69) is 10.6 Å². The highest BCUT2D eigenvalue weighted by Gasteiger charge is 2.25. The van der Waals surface area contributed by atoms with Crippen molar-refractivity contribution in [2.24, 2.45) is 0 Å². The quantitative estimate of drug-likeness (QED) is 0.814. The minimum Gasteiger partial charge on any atom is -0.302 e. The van der Waals surface area contributed by atoms with Crippen molar-refractivity contribution < 1.29 is 18.4 Å². The summed E-state index contributed by atoms with van der Waals surface area (Å²) in [5, 5.41) is 5.20. The van der Waals surface area contributed by atoms with Crippen LogP contribution in [0.25, 0.3) is 0 Å². The fourth-order valence-corrected chi connectivity index (χ4v) is 1.97. The maximum Gasteiger partial charge on any atom is 0.263 e. The van der Waals surface area contributed by atoms with Gasteiger partial charge in [-0.25, -0.2) is 8.78 Å². The van der Waals surface area contributed by atoms with Crippen LogP contribution in [0, 0.1) is 0 Å². The fraction of sp³-hybridized carbons (Fsp3) is 0.385. The van der Waals surface area contributed by atoms with Crippen LogP contribution in [0.3, 0.4) is 0 Å². The molecule has 1 aliphatic heterocycles. The molecular weight excluding hydrogens is 254 g/mol. The molecule has 1 aromatic rings. The summed E-state index contributed by atoms with van der Waals surface area (Å²) in [6.07, 6.45) is -1.78. The molecule has 102 valence electrons. The third-order valence-corrected chi connectivity index (χ3v) is 2.99. The number of imide groups is 1. The predicted molar refractivity (Wildman–Crippen MR) is 64.4 cm³/mol. The van der Waals surface area contributed by atoms with Crippen LogP contribution < -0.4 is 10.6 Å². The lowest BCUT2D eigenvalue weighted by atomic mass is 10.1. The number of amides is 2. The van der Waals surface area contributed by atoms with Gasteiger partial charge in [-0.2, -0.15) is 0 Å². The summed E-state index contributed by atoms with van der Waals surface area (Å²) in [5.74, 6) is -0.635. The zero-order chi connectivity index (χ0) is 13.8. The zero-order valence-corrected chi connectivity index (χ0v) is 10.2. The molecule has 19 heavy (non-hydrogen) atoms. The van der Waals surface area contributed by atoms with Gasteiger partial charge in [0, 0.05) is 18.5 Å². The van der Waals surface area contributed by atoms with Crippen molar-refractivity contribution in [3.63, 3.8) is 0 Å². The highest BCUT2D eigenvalue weighted by molar-refractivity contribution is 6.00. The highest BCUT2D eigenvalue weighted by atomic mass is 19.3. The second-order valence-electron chi connectivity index (χ2n) is 4.43. The molecule has 1 aliphatic rings. The monoisotopic (exact) mass is 268 g/mol. The Morgan fingerprint density at radius 3 is 2.84 bits per heavy atom. The summed E-state index contributed by atoms with van der Waals surface area (Å²) in [7, 11) is 0. The van der Waals surface area contributed by atoms with E-state index in [9.17, 15) is 18.4 Å². The number of halogens is 2. The third kappa shape index (κ3) is 3.57. The third-order valence-electron chi connectivity index (χ3n) is 2.99. The van der Waals surface area contributed by atoms with Crippen LogP contribution in [0.15, 0.2) is 24.3 Å². The average molecular weight is 268 g/mol. The summed E-state index contributed by atoms with van der Waals surface area (Å²) in [6, 6.07) is 5.59. The number of carbonyl (C=O) groups is 2. The molecule has 1 heterocycles. The van der Waals surface area contributed by atoms with E-state index >= 15 is 0 Å². The van der Waals surface area contributed by atoms with Gasteiger partial charge in [0.1, 0.15) is 0 Å². The van der Waals surface area contributed by atoms with E-state index < -0.39 is 12.5 Å². The Bertz CT molecular complexity index is 491. The van der Waals surface area contributed by atoms with Gasteiger partial charge in [0.2, 0.25) is 11.8 Å². The smallest absolute Gasteiger partial charge is 0.263 e. The Morgan fingerprint density at radius 1 is 1.37 bits per heavy atom. The lowest BCUT2D eigenvalue weighted by Gasteiger charge is -2.22. The number of rotatable bonds is 4. The van der Waals surface area contributed by atoms with E-state index in [0.29, 0.717) is 24.9 Å². The molecule has 6 heteroatoms. The lowest BCUT2D eigenvalue weighted by Crippen LogP contribution is -2.50. The highest BCUT2D eigenvalue weighted by Crippen LogP contribution is 2.19. The lowest BCUT2D eigenvalue weighted by molar-refractivity contribution is -0.134. The molecule has 1 unspecified atom stereocenters. The Morgan fingerprint density at radius 2 is 2.16 bits per heavy atom. The van der Waals surface area contributed by atoms with Crippen molar-refractivity contribution in [3.05, 3.63) is 35.4 Å². The van der Waals surface area contributed by atoms with Crippen molar-refractivity contribution >= 4 is 11.8 Å². The van der Waals surface area contributed by atoms with Crippen LogP contribution in [0.2, 0.25) is 0 Å². The second kappa shape index (κ2) is 5.88. The molecule has 0 spiro atoms. The summed E-state index contributed by atoms with van der Waals surface area (Å²) in [4.78, 5) is 22.5. The van der Waals surface area contributed by atoms with E-state index in [1.165, 1.54) is 12.1 Å². The largest absolute Gasteiger partial charge is 0.302 e. The standard InChI is InChI=1S/C13H14F2N2O2/c14-12(15)9-3-1-2-8(6-9)7-16-10-4-5-11(18)17-13(10)19/h1-3,6,10,12,16H,4-5,7H2,(H,17,18,19). The first kappa shape index (κ1) is 13.6. The predicted octanol–water partition coefficient (Wildman–Crippen LogP) is 1.52. The van der Waals surface area contributed by atoms with Crippen molar-refractivity contribution in [1.82, 2.24) is 10.6 Å². The molecule has 1 aromatic carbocycles. The van der Waals surface area contributed by atoms with Crippen LogP contribution in [0.5, 0.6) is 0 Å². The number of hydrogen-bond donors (Lipinski definition) is 2. The molecule has 2 amide bonds. The summed E-state index contributed by atoms with van der Waals surface area (Å²) < 4.78 is 25.1. The molecule has 0 aromatic heterocycles. The van der Waals surface area contributed by atoms with E-state index in [-0.39, 0.29) is 17.4 Å². The Hall–Kier alpha value is -1.82. The van der Waals surface area contributed by atoms with Gasteiger partial charge in [-0.05, 0) is 18.1 Å². The van der Waals surface area contributed by atoms with E-state index in [0.717, 1.165) is 0 Å². The first-order chi connectivity index (χ1) is 9.06. The maximum atomic E-state index is 12.5. The zero-order valence-electron chi connectivity index (χ0n) is 10.2. The summed E-state index contributed by atoms with van der Waals surface area (Å²) >= 11 is 0. The van der Waals surface area contributed by atoms with Crippen molar-refractivity contribution in [2.45, 2.75) is 31.9 Å². The number of hydrogen-bond acceptors (Lipinski definition) is 3. The van der Waals surface area contributed by atoms with Crippen molar-refractivity contribution in [2.75, 3.05) is 0 Å². The average Bonchev–Trinajstić information content (AvgIpc) is 2.38. The van der Waals surface area contributed by atoms with Crippen LogP contribution >= 0.6 is 0 Å². The van der Waals surface area contributed by atoms with Crippen LogP contribution in [-0.2, 0) is 16.1 Å². The number of nitrogens with one attached hydrogen (secondary N) is 2. The van der Waals surface area contributed by atoms with Crippen LogP contribution in [0.1, 0.15) is 30.4 Å². The Labute approximate surface area is 109 Å². The van der Waals surface area contributed by atoms with Gasteiger partial charge in [0.25, 0.3) is 6.43 Å². The van der Waals surface area contributed by atoms with Gasteiger partial charge in [0.15, 0.2) is 0 Å². The van der Waals surface area contributed by atoms with Gasteiger partial charge in [0.05, 0.1) is 6.04 Å². The van der Waals surface area contributed by atoms with Crippen molar-refractivity contribution in [1.29, 1.82) is 0 Å². The Balaban J connectivity index is 1.93. The van der Waals surface area contributed by atoms with E-state index in [1.54, 1.807) is 12.1 Å². The molecule has 1 atom stereocenters. The molecule has 1 saturated heterocycles. The van der Waals surface area contributed by atoms with E-state index in [1.807, 2.05) is 0 Å². The molecule has 0 bridgehead atoms. The maximum absolute atomic E-state index is 12.5. The van der Waals surface area contributed by atoms with Gasteiger partial charge in [-0.3, -0.25) is 14.9 Å². The van der Waals surface area contributed by atoms with Gasteiger partial charge >= 0.3 is 0 Å². The summed E-state index contributed by atoms with van der Waals surface area (Å²) in [6.45, 7) is 0.312. The number of alkyl halides is 2. The van der Waals surface area contributed by atoms with Gasteiger partial charge < -0.3 is 5.32 Å². The molecule has 0 aliphatic carbocycles. The molecule has 2 rings (SSSR count). The van der Waals surface area contributed by atoms with Crippen LogP contribution in [-0.4, -0.2) is 17.9 Å². The fourth-order valence-electron chi connectivity index (χ4n) is 1.97. The number of carbonyl (C=O) groups excluding carboxylic acids is 2.